The Balaban J connectivity index is 1.64. The fraction of sp³-hybridized carbons (Fsp3) is 0.333. The van der Waals surface area contributed by atoms with Crippen LogP contribution in [0.2, 0.25) is 5.02 Å². The number of aromatic nitrogens is 2. The average Bonchev–Trinajstić information content (AvgIpc) is 3.03. The van der Waals surface area contributed by atoms with Crippen LogP contribution in [0.15, 0.2) is 42.7 Å². The van der Waals surface area contributed by atoms with Crippen LogP contribution >= 0.6 is 11.6 Å². The molecule has 1 atom stereocenters. The number of benzene rings is 1. The van der Waals surface area contributed by atoms with Crippen LogP contribution < -0.4 is 10.6 Å². The summed E-state index contributed by atoms with van der Waals surface area (Å²) in [6.07, 6.45) is 3.54. The van der Waals surface area contributed by atoms with Gasteiger partial charge in [0.25, 0.3) is 0 Å². The molecule has 22 heavy (non-hydrogen) atoms. The molecule has 0 aliphatic carbocycles. The van der Waals surface area contributed by atoms with Crippen molar-refractivity contribution in [2.24, 2.45) is 0 Å². The highest BCUT2D eigenvalue weighted by Gasteiger charge is 2.11. The van der Waals surface area contributed by atoms with Gasteiger partial charge in [0.15, 0.2) is 0 Å². The summed E-state index contributed by atoms with van der Waals surface area (Å²) in [5.74, 6) is 0. The van der Waals surface area contributed by atoms with Crippen molar-refractivity contribution in [3.8, 4) is 0 Å². The third-order valence-corrected chi connectivity index (χ3v) is 3.47. The number of amides is 2. The third-order valence-electron chi connectivity index (χ3n) is 3.13. The lowest BCUT2D eigenvalue weighted by Crippen LogP contribution is -2.38. The number of carbonyl (C=O) groups is 1. The molecule has 0 aliphatic rings. The number of urea groups is 1. The van der Waals surface area contributed by atoms with Crippen molar-refractivity contribution in [2.75, 3.05) is 13.1 Å². The van der Waals surface area contributed by atoms with Gasteiger partial charge >= 0.3 is 6.03 Å². The Morgan fingerprint density at radius 1 is 1.32 bits per heavy atom. The topological polar surface area (TPSA) is 79.2 Å². The minimum Gasteiger partial charge on any atom is -0.387 e. The van der Waals surface area contributed by atoms with Crippen LogP contribution in [0.25, 0.3) is 0 Å². The highest BCUT2D eigenvalue weighted by atomic mass is 35.5. The summed E-state index contributed by atoms with van der Waals surface area (Å²) >= 11 is 5.99. The zero-order valence-electron chi connectivity index (χ0n) is 12.1. The molecule has 0 spiro atoms. The van der Waals surface area contributed by atoms with Crippen molar-refractivity contribution in [2.45, 2.75) is 19.1 Å². The SMILES string of the molecule is O=C(NCCCn1cccn1)NCC(O)c1ccccc1Cl. The molecule has 2 aromatic rings. The van der Waals surface area contributed by atoms with E-state index < -0.39 is 6.10 Å². The van der Waals surface area contributed by atoms with Crippen molar-refractivity contribution in [3.05, 3.63) is 53.3 Å². The van der Waals surface area contributed by atoms with E-state index in [1.807, 2.05) is 12.3 Å². The van der Waals surface area contributed by atoms with Crippen LogP contribution in [0.3, 0.4) is 0 Å². The van der Waals surface area contributed by atoms with Gasteiger partial charge < -0.3 is 15.7 Å². The van der Waals surface area contributed by atoms with E-state index in [0.717, 1.165) is 13.0 Å². The summed E-state index contributed by atoms with van der Waals surface area (Å²) in [6, 6.07) is 8.56. The van der Waals surface area contributed by atoms with Crippen LogP contribution in [0, 0.1) is 0 Å². The van der Waals surface area contributed by atoms with E-state index in [-0.39, 0.29) is 12.6 Å². The fourth-order valence-corrected chi connectivity index (χ4v) is 2.24. The number of nitrogens with one attached hydrogen (secondary N) is 2. The van der Waals surface area contributed by atoms with E-state index in [4.69, 9.17) is 11.6 Å². The summed E-state index contributed by atoms with van der Waals surface area (Å²) in [4.78, 5) is 11.6. The smallest absolute Gasteiger partial charge is 0.314 e. The summed E-state index contributed by atoms with van der Waals surface area (Å²) in [7, 11) is 0. The van der Waals surface area contributed by atoms with E-state index in [0.29, 0.717) is 17.1 Å². The second-order valence-corrected chi connectivity index (χ2v) is 5.20. The molecule has 0 saturated heterocycles. The first kappa shape index (κ1) is 16.3. The molecule has 3 N–H and O–H groups in total. The Morgan fingerprint density at radius 3 is 2.86 bits per heavy atom. The maximum atomic E-state index is 11.6. The maximum absolute atomic E-state index is 11.6. The monoisotopic (exact) mass is 322 g/mol. The second kappa shape index (κ2) is 8.41. The molecular weight excluding hydrogens is 304 g/mol. The number of hydrogen-bond acceptors (Lipinski definition) is 3. The van der Waals surface area contributed by atoms with Crippen LogP contribution in [0.1, 0.15) is 18.1 Å². The van der Waals surface area contributed by atoms with Crippen molar-refractivity contribution in [1.82, 2.24) is 20.4 Å². The predicted octanol–water partition coefficient (Wildman–Crippen LogP) is 1.96. The lowest BCUT2D eigenvalue weighted by atomic mass is 10.1. The average molecular weight is 323 g/mol. The van der Waals surface area contributed by atoms with E-state index >= 15 is 0 Å². The minimum absolute atomic E-state index is 0.106. The Morgan fingerprint density at radius 2 is 2.14 bits per heavy atom. The lowest BCUT2D eigenvalue weighted by Gasteiger charge is -2.14. The van der Waals surface area contributed by atoms with Gasteiger partial charge in [-0.2, -0.15) is 5.10 Å². The molecule has 0 saturated carbocycles. The molecule has 118 valence electrons. The number of nitrogens with zero attached hydrogens (tertiary/aromatic N) is 2. The van der Waals surface area contributed by atoms with Crippen molar-refractivity contribution in [3.63, 3.8) is 0 Å². The van der Waals surface area contributed by atoms with Gasteiger partial charge in [0, 0.05) is 42.6 Å². The Hall–Kier alpha value is -2.05. The highest BCUT2D eigenvalue weighted by Crippen LogP contribution is 2.21. The van der Waals surface area contributed by atoms with Crippen molar-refractivity contribution in [1.29, 1.82) is 0 Å². The molecule has 1 aromatic heterocycles. The number of aliphatic hydroxyl groups excluding tert-OH is 1. The van der Waals surface area contributed by atoms with Crippen molar-refractivity contribution >= 4 is 17.6 Å². The van der Waals surface area contributed by atoms with Crippen LogP contribution in [-0.4, -0.2) is 34.0 Å². The summed E-state index contributed by atoms with van der Waals surface area (Å²) in [6.45, 7) is 1.39. The molecule has 1 unspecified atom stereocenters. The van der Waals surface area contributed by atoms with Crippen molar-refractivity contribution < 1.29 is 9.90 Å². The van der Waals surface area contributed by atoms with Gasteiger partial charge in [-0.15, -0.1) is 0 Å². The molecule has 2 rings (SSSR count). The molecule has 1 heterocycles. The van der Waals surface area contributed by atoms with E-state index in [1.54, 1.807) is 35.1 Å². The largest absolute Gasteiger partial charge is 0.387 e. The molecule has 2 amide bonds. The summed E-state index contributed by atoms with van der Waals surface area (Å²) < 4.78 is 1.81. The number of halogens is 1. The van der Waals surface area contributed by atoms with E-state index in [9.17, 15) is 9.90 Å². The standard InChI is InChI=1S/C15H19ClN4O2/c16-13-6-2-1-5-12(13)14(21)11-18-15(22)17-7-3-9-20-10-4-8-19-20/h1-2,4-6,8,10,14,21H,3,7,9,11H2,(H2,17,18,22). The van der Waals surface area contributed by atoms with E-state index in [1.165, 1.54) is 0 Å². The van der Waals surface area contributed by atoms with Gasteiger partial charge in [-0.25, -0.2) is 4.79 Å². The van der Waals surface area contributed by atoms with Crippen LogP contribution in [0.5, 0.6) is 0 Å². The van der Waals surface area contributed by atoms with Gasteiger partial charge in [-0.05, 0) is 18.6 Å². The maximum Gasteiger partial charge on any atom is 0.314 e. The Labute approximate surface area is 134 Å². The summed E-state index contributed by atoms with van der Waals surface area (Å²) in [5.41, 5.74) is 0.600. The first-order valence-electron chi connectivity index (χ1n) is 7.08. The van der Waals surface area contributed by atoms with Crippen LogP contribution in [0.4, 0.5) is 4.79 Å². The Kier molecular flexibility index (Phi) is 6.24. The number of rotatable bonds is 7. The molecule has 0 aliphatic heterocycles. The number of aliphatic hydroxyl groups is 1. The lowest BCUT2D eigenvalue weighted by molar-refractivity contribution is 0.173. The Bertz CT molecular complexity index is 589. The van der Waals surface area contributed by atoms with Gasteiger partial charge in [0.05, 0.1) is 6.10 Å². The third kappa shape index (κ3) is 5.05. The van der Waals surface area contributed by atoms with E-state index in [2.05, 4.69) is 15.7 Å². The number of hydrogen-bond donors (Lipinski definition) is 3. The van der Waals surface area contributed by atoms with Gasteiger partial charge in [0.2, 0.25) is 0 Å². The molecular formula is C15H19ClN4O2. The second-order valence-electron chi connectivity index (χ2n) is 4.80. The highest BCUT2D eigenvalue weighted by molar-refractivity contribution is 6.31. The predicted molar refractivity (Wildman–Crippen MR) is 84.7 cm³/mol. The normalized spacial score (nSPS) is 11.9. The molecule has 6 nitrogen and oxygen atoms in total. The first-order valence-corrected chi connectivity index (χ1v) is 7.46. The minimum atomic E-state index is -0.830. The molecule has 0 bridgehead atoms. The number of carbonyl (C=O) groups excluding carboxylic acids is 1. The van der Waals surface area contributed by atoms with Crippen LogP contribution in [-0.2, 0) is 6.54 Å². The van der Waals surface area contributed by atoms with Gasteiger partial charge in [-0.1, -0.05) is 29.8 Å². The molecule has 0 radical (unpaired) electrons. The quantitative estimate of drug-likeness (QED) is 0.682. The number of aryl methyl sites for hydroxylation is 1. The molecule has 7 heteroatoms. The zero-order valence-corrected chi connectivity index (χ0v) is 12.8. The zero-order chi connectivity index (χ0) is 15.8. The van der Waals surface area contributed by atoms with Gasteiger partial charge in [0.1, 0.15) is 0 Å². The summed E-state index contributed by atoms with van der Waals surface area (Å²) in [5, 5.41) is 19.9. The molecule has 1 aromatic carbocycles. The first-order chi connectivity index (χ1) is 10.7. The fourth-order valence-electron chi connectivity index (χ4n) is 1.98. The molecule has 0 fully saturated rings. The van der Waals surface area contributed by atoms with Gasteiger partial charge in [-0.3, -0.25) is 4.68 Å².